The van der Waals surface area contributed by atoms with E-state index in [1.807, 2.05) is 4.90 Å². The first kappa shape index (κ1) is 12.2. The number of likely N-dealkylation sites (tertiary alicyclic amines) is 1. The van der Waals surface area contributed by atoms with Crippen LogP contribution in [0.5, 0.6) is 0 Å². The topological polar surface area (TPSA) is 88.6 Å². The Bertz CT molecular complexity index is 507. The van der Waals surface area contributed by atoms with E-state index in [4.69, 9.17) is 10.2 Å². The van der Waals surface area contributed by atoms with Crippen molar-refractivity contribution in [1.29, 1.82) is 0 Å². The molecule has 6 nitrogen and oxygen atoms in total. The van der Waals surface area contributed by atoms with E-state index in [2.05, 4.69) is 5.32 Å². The molecule has 2 heterocycles. The average molecular weight is 263 g/mol. The molecule has 3 N–H and O–H groups in total. The van der Waals surface area contributed by atoms with Gasteiger partial charge >= 0.3 is 0 Å². The van der Waals surface area contributed by atoms with Crippen LogP contribution in [0.4, 0.5) is 0 Å². The SMILES string of the molecule is NCc1cc(C(=O)NC2CC(=O)N(C3CC3)C2)co1. The molecule has 0 aromatic carbocycles. The van der Waals surface area contributed by atoms with Crippen LogP contribution in [-0.2, 0) is 11.3 Å². The van der Waals surface area contributed by atoms with Crippen LogP contribution in [0.25, 0.3) is 0 Å². The molecule has 1 saturated carbocycles. The van der Waals surface area contributed by atoms with Crippen LogP contribution in [0.1, 0.15) is 35.4 Å². The highest BCUT2D eigenvalue weighted by atomic mass is 16.3. The second-order valence-corrected chi connectivity index (χ2v) is 5.16. The van der Waals surface area contributed by atoms with Crippen LogP contribution in [0, 0.1) is 0 Å². The lowest BCUT2D eigenvalue weighted by atomic mass is 10.2. The fourth-order valence-electron chi connectivity index (χ4n) is 2.44. The van der Waals surface area contributed by atoms with Crippen molar-refractivity contribution in [2.24, 2.45) is 5.73 Å². The summed E-state index contributed by atoms with van der Waals surface area (Å²) < 4.78 is 5.13. The summed E-state index contributed by atoms with van der Waals surface area (Å²) in [7, 11) is 0. The molecule has 0 spiro atoms. The molecular weight excluding hydrogens is 246 g/mol. The quantitative estimate of drug-likeness (QED) is 0.814. The molecule has 2 fully saturated rings. The van der Waals surface area contributed by atoms with Gasteiger partial charge in [-0.15, -0.1) is 0 Å². The van der Waals surface area contributed by atoms with Crippen molar-refractivity contribution in [1.82, 2.24) is 10.2 Å². The van der Waals surface area contributed by atoms with Gasteiger partial charge in [0.25, 0.3) is 5.91 Å². The summed E-state index contributed by atoms with van der Waals surface area (Å²) in [5.41, 5.74) is 5.88. The number of furan rings is 1. The van der Waals surface area contributed by atoms with Gasteiger partial charge in [0, 0.05) is 19.0 Å². The molecule has 102 valence electrons. The second-order valence-electron chi connectivity index (χ2n) is 5.16. The third kappa shape index (κ3) is 2.49. The summed E-state index contributed by atoms with van der Waals surface area (Å²) in [5, 5.41) is 2.87. The lowest BCUT2D eigenvalue weighted by molar-refractivity contribution is -0.128. The molecule has 0 bridgehead atoms. The number of carbonyl (C=O) groups is 2. The maximum atomic E-state index is 12.0. The van der Waals surface area contributed by atoms with Crippen LogP contribution >= 0.6 is 0 Å². The van der Waals surface area contributed by atoms with Crippen molar-refractivity contribution in [2.75, 3.05) is 6.54 Å². The number of amides is 2. The largest absolute Gasteiger partial charge is 0.467 e. The van der Waals surface area contributed by atoms with Gasteiger partial charge in [0.05, 0.1) is 18.2 Å². The summed E-state index contributed by atoms with van der Waals surface area (Å²) in [6, 6.07) is 1.94. The predicted molar refractivity (Wildman–Crippen MR) is 67.2 cm³/mol. The molecule has 1 aliphatic carbocycles. The van der Waals surface area contributed by atoms with Gasteiger partial charge in [0.15, 0.2) is 0 Å². The predicted octanol–water partition coefficient (Wildman–Crippen LogP) is 0.231. The number of nitrogens with two attached hydrogens (primary N) is 1. The maximum absolute atomic E-state index is 12.0. The number of nitrogens with zero attached hydrogens (tertiary/aromatic N) is 1. The van der Waals surface area contributed by atoms with E-state index in [1.54, 1.807) is 6.07 Å². The monoisotopic (exact) mass is 263 g/mol. The summed E-state index contributed by atoms with van der Waals surface area (Å²) in [6.07, 6.45) is 3.97. The van der Waals surface area contributed by atoms with Crippen molar-refractivity contribution >= 4 is 11.8 Å². The third-order valence-electron chi connectivity index (χ3n) is 3.60. The van der Waals surface area contributed by atoms with Gasteiger partial charge in [-0.2, -0.15) is 0 Å². The molecule has 1 aromatic heterocycles. The first-order chi connectivity index (χ1) is 9.17. The zero-order chi connectivity index (χ0) is 13.4. The molecule has 1 unspecified atom stereocenters. The Morgan fingerprint density at radius 1 is 1.53 bits per heavy atom. The van der Waals surface area contributed by atoms with E-state index in [0.717, 1.165) is 12.8 Å². The molecule has 2 amide bonds. The van der Waals surface area contributed by atoms with E-state index < -0.39 is 0 Å². The normalized spacial score (nSPS) is 22.9. The molecule has 1 saturated heterocycles. The van der Waals surface area contributed by atoms with Gasteiger partial charge in [-0.3, -0.25) is 9.59 Å². The number of rotatable bonds is 4. The molecule has 1 aliphatic heterocycles. The van der Waals surface area contributed by atoms with Crippen molar-refractivity contribution in [2.45, 2.75) is 37.9 Å². The second kappa shape index (κ2) is 4.70. The van der Waals surface area contributed by atoms with Crippen LogP contribution in [0.15, 0.2) is 16.7 Å². The number of hydrogen-bond donors (Lipinski definition) is 2. The number of hydrogen-bond acceptors (Lipinski definition) is 4. The zero-order valence-electron chi connectivity index (χ0n) is 10.6. The smallest absolute Gasteiger partial charge is 0.254 e. The van der Waals surface area contributed by atoms with Crippen molar-refractivity contribution in [3.05, 3.63) is 23.7 Å². The van der Waals surface area contributed by atoms with Gasteiger partial charge in [0.2, 0.25) is 5.91 Å². The standard InChI is InChI=1S/C13H17N3O3/c14-5-11-3-8(7-19-11)13(18)15-9-4-12(17)16(6-9)10-1-2-10/h3,7,9-10H,1-2,4-6,14H2,(H,15,18). The van der Waals surface area contributed by atoms with E-state index in [0.29, 0.717) is 30.3 Å². The molecule has 0 radical (unpaired) electrons. The molecular formula is C13H17N3O3. The molecule has 1 aromatic rings. The molecule has 1 atom stereocenters. The van der Waals surface area contributed by atoms with E-state index in [-0.39, 0.29) is 24.4 Å². The minimum atomic E-state index is -0.209. The van der Waals surface area contributed by atoms with Crippen LogP contribution < -0.4 is 11.1 Å². The van der Waals surface area contributed by atoms with E-state index in [9.17, 15) is 9.59 Å². The van der Waals surface area contributed by atoms with E-state index in [1.165, 1.54) is 6.26 Å². The Labute approximate surface area is 110 Å². The Balaban J connectivity index is 1.59. The highest BCUT2D eigenvalue weighted by Gasteiger charge is 2.39. The minimum Gasteiger partial charge on any atom is -0.467 e. The minimum absolute atomic E-state index is 0.100. The lowest BCUT2D eigenvalue weighted by Crippen LogP contribution is -2.37. The molecule has 2 aliphatic rings. The number of nitrogens with one attached hydrogen (secondary N) is 1. The Kier molecular flexibility index (Phi) is 3.02. The van der Waals surface area contributed by atoms with Crippen LogP contribution in [0.3, 0.4) is 0 Å². The first-order valence-electron chi connectivity index (χ1n) is 6.55. The van der Waals surface area contributed by atoms with E-state index >= 15 is 0 Å². The van der Waals surface area contributed by atoms with Gasteiger partial charge < -0.3 is 20.4 Å². The van der Waals surface area contributed by atoms with Gasteiger partial charge in [-0.25, -0.2) is 0 Å². The summed E-state index contributed by atoms with van der Waals surface area (Å²) >= 11 is 0. The van der Waals surface area contributed by atoms with Crippen LogP contribution in [0.2, 0.25) is 0 Å². The van der Waals surface area contributed by atoms with Gasteiger partial charge in [0.1, 0.15) is 12.0 Å². The molecule has 3 rings (SSSR count). The van der Waals surface area contributed by atoms with Gasteiger partial charge in [-0.05, 0) is 18.9 Å². The summed E-state index contributed by atoms with van der Waals surface area (Å²) in [5.74, 6) is 0.508. The summed E-state index contributed by atoms with van der Waals surface area (Å²) in [4.78, 5) is 25.6. The highest BCUT2D eigenvalue weighted by Crippen LogP contribution is 2.30. The van der Waals surface area contributed by atoms with Crippen LogP contribution in [-0.4, -0.2) is 35.3 Å². The Morgan fingerprint density at radius 2 is 2.32 bits per heavy atom. The first-order valence-corrected chi connectivity index (χ1v) is 6.55. The fraction of sp³-hybridized carbons (Fsp3) is 0.538. The fourth-order valence-corrected chi connectivity index (χ4v) is 2.44. The number of carbonyl (C=O) groups excluding carboxylic acids is 2. The van der Waals surface area contributed by atoms with Crippen molar-refractivity contribution in [3.63, 3.8) is 0 Å². The van der Waals surface area contributed by atoms with Gasteiger partial charge in [-0.1, -0.05) is 0 Å². The Hall–Kier alpha value is -1.82. The highest BCUT2D eigenvalue weighted by molar-refractivity contribution is 5.94. The summed E-state index contributed by atoms with van der Waals surface area (Å²) in [6.45, 7) is 0.890. The third-order valence-corrected chi connectivity index (χ3v) is 3.60. The lowest BCUT2D eigenvalue weighted by Gasteiger charge is -2.15. The maximum Gasteiger partial charge on any atom is 0.254 e. The van der Waals surface area contributed by atoms with Crippen molar-refractivity contribution in [3.8, 4) is 0 Å². The Morgan fingerprint density at radius 3 is 2.95 bits per heavy atom. The molecule has 19 heavy (non-hydrogen) atoms. The molecule has 6 heteroatoms. The average Bonchev–Trinajstić information content (AvgIpc) is 2.99. The van der Waals surface area contributed by atoms with Crippen molar-refractivity contribution < 1.29 is 14.0 Å². The zero-order valence-corrected chi connectivity index (χ0v) is 10.6.